The fourth-order valence-corrected chi connectivity index (χ4v) is 3.13. The number of carbonyl (C=O) groups is 2. The van der Waals surface area contributed by atoms with Crippen molar-refractivity contribution in [2.75, 3.05) is 27.0 Å². The van der Waals surface area contributed by atoms with Gasteiger partial charge >= 0.3 is 12.1 Å². The summed E-state index contributed by atoms with van der Waals surface area (Å²) < 4.78 is 15.6. The second-order valence-corrected chi connectivity index (χ2v) is 7.55. The zero-order valence-electron chi connectivity index (χ0n) is 16.0. The van der Waals surface area contributed by atoms with Gasteiger partial charge in [0, 0.05) is 19.6 Å². The van der Waals surface area contributed by atoms with Crippen LogP contribution in [0, 0.1) is 5.92 Å². The Balaban J connectivity index is 2.23. The number of carbonyl (C=O) groups excluding carboxylic acids is 1. The van der Waals surface area contributed by atoms with Gasteiger partial charge in [-0.3, -0.25) is 4.79 Å². The van der Waals surface area contributed by atoms with Gasteiger partial charge in [-0.15, -0.1) is 0 Å². The number of likely N-dealkylation sites (tertiary alicyclic amines) is 1. The highest BCUT2D eigenvalue weighted by atomic mass is 16.7. The maximum absolute atomic E-state index is 12.3. The number of carboxylic acid groups (broad SMARTS) is 1. The molecular weight excluding hydrogens is 354 g/mol. The maximum atomic E-state index is 12.3. The highest BCUT2D eigenvalue weighted by molar-refractivity contribution is 5.75. The minimum absolute atomic E-state index is 0.00742. The number of nitrogens with zero attached hydrogens (tertiary/aromatic N) is 1. The molecule has 8 heteroatoms. The van der Waals surface area contributed by atoms with Crippen LogP contribution < -0.4 is 4.74 Å². The molecule has 0 spiro atoms. The van der Waals surface area contributed by atoms with Crippen LogP contribution in [0.1, 0.15) is 32.3 Å². The van der Waals surface area contributed by atoms with Crippen molar-refractivity contribution in [3.05, 3.63) is 29.8 Å². The molecular formula is C19H27NO7. The molecule has 1 aliphatic heterocycles. The lowest BCUT2D eigenvalue weighted by Crippen LogP contribution is -2.53. The van der Waals surface area contributed by atoms with Crippen LogP contribution in [0.2, 0.25) is 0 Å². The van der Waals surface area contributed by atoms with Gasteiger partial charge in [-0.2, -0.15) is 0 Å². The van der Waals surface area contributed by atoms with Crippen molar-refractivity contribution < 1.29 is 34.0 Å². The Kier molecular flexibility index (Phi) is 6.67. The van der Waals surface area contributed by atoms with Crippen molar-refractivity contribution in [3.63, 3.8) is 0 Å². The topological polar surface area (TPSA) is 106 Å². The number of piperidine rings is 1. The van der Waals surface area contributed by atoms with E-state index in [1.807, 2.05) is 0 Å². The molecule has 0 unspecified atom stereocenters. The van der Waals surface area contributed by atoms with Gasteiger partial charge in [-0.25, -0.2) is 4.79 Å². The van der Waals surface area contributed by atoms with E-state index in [0.29, 0.717) is 11.3 Å². The van der Waals surface area contributed by atoms with Crippen molar-refractivity contribution in [2.45, 2.75) is 38.4 Å². The summed E-state index contributed by atoms with van der Waals surface area (Å²) in [7, 11) is 1.50. The molecule has 1 aromatic rings. The molecule has 1 aromatic carbocycles. The second-order valence-electron chi connectivity index (χ2n) is 7.55. The van der Waals surface area contributed by atoms with Crippen molar-refractivity contribution in [1.82, 2.24) is 4.90 Å². The summed E-state index contributed by atoms with van der Waals surface area (Å²) in [5.41, 5.74) is -0.0719. The van der Waals surface area contributed by atoms with Gasteiger partial charge in [0.1, 0.15) is 11.4 Å². The molecule has 1 saturated heterocycles. The van der Waals surface area contributed by atoms with Gasteiger partial charge in [0.25, 0.3) is 0 Å². The number of β-amino-alcohol motifs (C(OH)–C–C–N with tert-alkyl or cyclic N) is 1. The van der Waals surface area contributed by atoms with Gasteiger partial charge in [0.2, 0.25) is 0 Å². The minimum Gasteiger partial charge on any atom is -0.481 e. The number of rotatable bonds is 5. The number of hydrogen-bond donors (Lipinski definition) is 2. The Bertz CT molecular complexity index is 670. The Labute approximate surface area is 158 Å². The van der Waals surface area contributed by atoms with E-state index in [1.165, 1.54) is 12.0 Å². The first-order valence-electron chi connectivity index (χ1n) is 8.73. The number of aliphatic hydroxyl groups excluding tert-OH is 1. The van der Waals surface area contributed by atoms with Gasteiger partial charge in [0.15, 0.2) is 6.79 Å². The molecule has 1 amide bonds. The van der Waals surface area contributed by atoms with Crippen LogP contribution in [0.3, 0.4) is 0 Å². The van der Waals surface area contributed by atoms with Crippen molar-refractivity contribution in [2.24, 2.45) is 5.92 Å². The molecule has 0 aliphatic carbocycles. The highest BCUT2D eigenvalue weighted by Crippen LogP contribution is 2.35. The highest BCUT2D eigenvalue weighted by Gasteiger charge is 2.43. The third-order valence-electron chi connectivity index (χ3n) is 4.23. The number of aliphatic carboxylic acids is 1. The molecule has 2 rings (SSSR count). The Morgan fingerprint density at radius 3 is 2.56 bits per heavy atom. The summed E-state index contributed by atoms with van der Waals surface area (Å²) in [6.45, 7) is 5.20. The number of ether oxygens (including phenoxy) is 3. The van der Waals surface area contributed by atoms with Crippen LogP contribution in [-0.2, 0) is 14.3 Å². The average Bonchev–Trinajstić information content (AvgIpc) is 2.57. The molecule has 8 nitrogen and oxygen atoms in total. The lowest BCUT2D eigenvalue weighted by atomic mass is 9.78. The van der Waals surface area contributed by atoms with Crippen LogP contribution in [0.4, 0.5) is 4.79 Å². The van der Waals surface area contributed by atoms with Crippen LogP contribution in [0.25, 0.3) is 0 Å². The van der Waals surface area contributed by atoms with Crippen LogP contribution in [0.5, 0.6) is 5.75 Å². The predicted molar refractivity (Wildman–Crippen MR) is 96.6 cm³/mol. The first-order valence-corrected chi connectivity index (χ1v) is 8.73. The number of benzene rings is 1. The van der Waals surface area contributed by atoms with Gasteiger partial charge in [0.05, 0.1) is 18.6 Å². The first kappa shape index (κ1) is 21.0. The number of hydrogen-bond acceptors (Lipinski definition) is 6. The van der Waals surface area contributed by atoms with E-state index in [9.17, 15) is 19.8 Å². The molecule has 1 aliphatic rings. The fourth-order valence-electron chi connectivity index (χ4n) is 3.13. The van der Waals surface area contributed by atoms with E-state index in [2.05, 4.69) is 0 Å². The third-order valence-corrected chi connectivity index (χ3v) is 4.23. The quantitative estimate of drug-likeness (QED) is 0.752. The molecule has 0 aromatic heterocycles. The van der Waals surface area contributed by atoms with E-state index >= 15 is 0 Å². The molecule has 1 fully saturated rings. The standard InChI is InChI=1S/C19H27NO7/c1-19(2,3)27-18(24)20-9-14(17(22)23)16(15(21)10-20)12-6-5-7-13(8-12)26-11-25-4/h5-8,14-16,21H,9-11H2,1-4H3,(H,22,23)/t14-,15+,16+/m0/s1. The van der Waals surface area contributed by atoms with Crippen molar-refractivity contribution in [1.29, 1.82) is 0 Å². The Hall–Kier alpha value is -2.32. The largest absolute Gasteiger partial charge is 0.481 e. The van der Waals surface area contributed by atoms with Crippen molar-refractivity contribution in [3.8, 4) is 5.75 Å². The van der Waals surface area contributed by atoms with Crippen LogP contribution in [0.15, 0.2) is 24.3 Å². The van der Waals surface area contributed by atoms with E-state index in [4.69, 9.17) is 14.2 Å². The monoisotopic (exact) mass is 381 g/mol. The number of methoxy groups -OCH3 is 1. The molecule has 27 heavy (non-hydrogen) atoms. The smallest absolute Gasteiger partial charge is 0.410 e. The molecule has 0 radical (unpaired) electrons. The Morgan fingerprint density at radius 2 is 1.96 bits per heavy atom. The van der Waals surface area contributed by atoms with Gasteiger partial charge in [-0.05, 0) is 38.5 Å². The van der Waals surface area contributed by atoms with E-state index in [-0.39, 0.29) is 19.9 Å². The van der Waals surface area contributed by atoms with Crippen LogP contribution in [-0.4, -0.2) is 65.9 Å². The zero-order chi connectivity index (χ0) is 20.2. The summed E-state index contributed by atoms with van der Waals surface area (Å²) in [4.78, 5) is 25.4. The molecule has 2 N–H and O–H groups in total. The summed E-state index contributed by atoms with van der Waals surface area (Å²) >= 11 is 0. The Morgan fingerprint density at radius 1 is 1.26 bits per heavy atom. The lowest BCUT2D eigenvalue weighted by molar-refractivity contribution is -0.146. The summed E-state index contributed by atoms with van der Waals surface area (Å²) in [6.07, 6.45) is -1.69. The van der Waals surface area contributed by atoms with E-state index in [1.54, 1.807) is 45.0 Å². The predicted octanol–water partition coefficient (Wildman–Crippen LogP) is 2.07. The van der Waals surface area contributed by atoms with Gasteiger partial charge in [-0.1, -0.05) is 12.1 Å². The lowest BCUT2D eigenvalue weighted by Gasteiger charge is -2.40. The average molecular weight is 381 g/mol. The summed E-state index contributed by atoms with van der Waals surface area (Å²) in [5.74, 6) is -2.22. The zero-order valence-corrected chi connectivity index (χ0v) is 16.0. The van der Waals surface area contributed by atoms with E-state index < -0.39 is 35.6 Å². The number of amides is 1. The molecule has 0 bridgehead atoms. The number of aliphatic hydroxyl groups is 1. The SMILES string of the molecule is COCOc1cccc([C@H]2[C@H](O)CN(C(=O)OC(C)(C)C)C[C@@H]2C(=O)O)c1. The molecule has 3 atom stereocenters. The van der Waals surface area contributed by atoms with Gasteiger partial charge < -0.3 is 29.3 Å². The molecule has 150 valence electrons. The fraction of sp³-hybridized carbons (Fsp3) is 0.579. The maximum Gasteiger partial charge on any atom is 0.410 e. The molecule has 1 heterocycles. The van der Waals surface area contributed by atoms with Crippen LogP contribution >= 0.6 is 0 Å². The minimum atomic E-state index is -1.09. The normalized spacial score (nSPS) is 23.0. The van der Waals surface area contributed by atoms with Crippen molar-refractivity contribution >= 4 is 12.1 Å². The first-order chi connectivity index (χ1) is 12.6. The molecule has 0 saturated carbocycles. The second kappa shape index (κ2) is 8.58. The summed E-state index contributed by atoms with van der Waals surface area (Å²) in [6, 6.07) is 6.88. The van der Waals surface area contributed by atoms with E-state index in [0.717, 1.165) is 0 Å². The third kappa shape index (κ3) is 5.58. The number of carboxylic acids is 1. The summed E-state index contributed by atoms with van der Waals surface area (Å²) in [5, 5.41) is 20.3.